The molecular weight excluding hydrogens is 384 g/mol. The van der Waals surface area contributed by atoms with Crippen molar-refractivity contribution < 1.29 is 14.3 Å². The van der Waals surface area contributed by atoms with Crippen LogP contribution in [0.3, 0.4) is 0 Å². The van der Waals surface area contributed by atoms with Gasteiger partial charge in [0.25, 0.3) is 0 Å². The Bertz CT molecular complexity index is 489. The van der Waals surface area contributed by atoms with Crippen molar-refractivity contribution in [3.8, 4) is 0 Å². The Hall–Kier alpha value is -0.460. The predicted octanol–water partition coefficient (Wildman–Crippen LogP) is 4.91. The Morgan fingerprint density at radius 1 is 1.10 bits per heavy atom. The number of likely N-dealkylation sites (tertiary alicyclic amines) is 1. The third-order valence-corrected chi connectivity index (χ3v) is 7.78. The van der Waals surface area contributed by atoms with E-state index in [2.05, 4.69) is 25.1 Å². The highest BCUT2D eigenvalue weighted by Crippen LogP contribution is 2.49. The van der Waals surface area contributed by atoms with E-state index >= 15 is 0 Å². The highest BCUT2D eigenvalue weighted by molar-refractivity contribution is 7.96. The Morgan fingerprint density at radius 2 is 1.83 bits per heavy atom. The largest absolute Gasteiger partial charge is 0.449 e. The fraction of sp³-hybridized carbons (Fsp3) is 0.957. The summed E-state index contributed by atoms with van der Waals surface area (Å²) in [5, 5.41) is 0. The number of amides is 1. The van der Waals surface area contributed by atoms with Crippen molar-refractivity contribution in [2.24, 2.45) is 29.6 Å². The number of nitrogens with zero attached hydrogens (tertiary/aromatic N) is 2. The van der Waals surface area contributed by atoms with Crippen molar-refractivity contribution in [1.82, 2.24) is 9.21 Å². The molecule has 6 heteroatoms. The molecule has 2 saturated heterocycles. The molecule has 0 spiro atoms. The third-order valence-electron chi connectivity index (χ3n) is 6.79. The zero-order chi connectivity index (χ0) is 20.6. The van der Waals surface area contributed by atoms with Crippen LogP contribution >= 0.6 is 11.9 Å². The molecule has 1 saturated carbocycles. The smallest absolute Gasteiger partial charge is 0.409 e. The molecule has 0 radical (unpaired) electrons. The molecule has 168 valence electrons. The summed E-state index contributed by atoms with van der Waals surface area (Å²) in [5.74, 6) is 4.89. The van der Waals surface area contributed by atoms with E-state index in [4.69, 9.17) is 9.47 Å². The van der Waals surface area contributed by atoms with Crippen LogP contribution in [0, 0.1) is 29.6 Å². The first-order chi connectivity index (χ1) is 14.1. The van der Waals surface area contributed by atoms with Crippen LogP contribution in [0.4, 0.5) is 4.79 Å². The van der Waals surface area contributed by atoms with Crippen molar-refractivity contribution in [3.05, 3.63) is 0 Å². The topological polar surface area (TPSA) is 42.0 Å². The normalized spacial score (nSPS) is 26.8. The fourth-order valence-corrected chi connectivity index (χ4v) is 5.73. The van der Waals surface area contributed by atoms with Gasteiger partial charge in [-0.1, -0.05) is 32.7 Å². The quantitative estimate of drug-likeness (QED) is 0.367. The van der Waals surface area contributed by atoms with Crippen molar-refractivity contribution >= 4 is 18.0 Å². The van der Waals surface area contributed by atoms with Gasteiger partial charge in [-0.15, -0.1) is 0 Å². The second-order valence-electron chi connectivity index (χ2n) is 9.61. The lowest BCUT2D eigenvalue weighted by molar-refractivity contribution is 0.0715. The summed E-state index contributed by atoms with van der Waals surface area (Å²) in [4.78, 5) is 14.0. The van der Waals surface area contributed by atoms with Crippen molar-refractivity contribution in [2.45, 2.75) is 59.3 Å². The first kappa shape index (κ1) is 23.2. The minimum Gasteiger partial charge on any atom is -0.449 e. The molecule has 0 bridgehead atoms. The zero-order valence-corrected chi connectivity index (χ0v) is 19.6. The second kappa shape index (κ2) is 11.8. The molecule has 29 heavy (non-hydrogen) atoms. The Balaban J connectivity index is 1.21. The van der Waals surface area contributed by atoms with Gasteiger partial charge < -0.3 is 14.4 Å². The van der Waals surface area contributed by atoms with Crippen LogP contribution in [-0.4, -0.2) is 67.1 Å². The molecule has 0 N–H and O–H groups in total. The van der Waals surface area contributed by atoms with Gasteiger partial charge in [-0.2, -0.15) is 0 Å². The maximum absolute atomic E-state index is 12.1. The van der Waals surface area contributed by atoms with Gasteiger partial charge in [0.2, 0.25) is 0 Å². The lowest BCUT2D eigenvalue weighted by Gasteiger charge is -2.32. The molecule has 3 rings (SSSR count). The highest BCUT2D eigenvalue weighted by atomic mass is 32.2. The maximum Gasteiger partial charge on any atom is 0.409 e. The van der Waals surface area contributed by atoms with Crippen LogP contribution in [0.5, 0.6) is 0 Å². The number of rotatable bonds is 10. The van der Waals surface area contributed by atoms with Crippen LogP contribution in [-0.2, 0) is 9.47 Å². The summed E-state index contributed by atoms with van der Waals surface area (Å²) in [6, 6.07) is 0. The second-order valence-corrected chi connectivity index (χ2v) is 11.0. The molecule has 1 aliphatic carbocycles. The number of carbonyl (C=O) groups excluding carboxylic acids is 1. The van der Waals surface area contributed by atoms with E-state index in [0.717, 1.165) is 62.8 Å². The van der Waals surface area contributed by atoms with Gasteiger partial charge in [0.1, 0.15) is 0 Å². The molecule has 2 atom stereocenters. The molecule has 2 heterocycles. The predicted molar refractivity (Wildman–Crippen MR) is 120 cm³/mol. The first-order valence-electron chi connectivity index (χ1n) is 11.9. The molecule has 3 aliphatic rings. The van der Waals surface area contributed by atoms with Gasteiger partial charge in [0.15, 0.2) is 0 Å². The molecule has 2 aliphatic heterocycles. The van der Waals surface area contributed by atoms with Crippen LogP contribution in [0.1, 0.15) is 59.3 Å². The number of piperidine rings is 2. The van der Waals surface area contributed by atoms with E-state index in [0.29, 0.717) is 12.5 Å². The molecule has 5 nitrogen and oxygen atoms in total. The van der Waals surface area contributed by atoms with Crippen LogP contribution in [0.2, 0.25) is 0 Å². The van der Waals surface area contributed by atoms with E-state index in [-0.39, 0.29) is 6.09 Å². The molecule has 0 aromatic heterocycles. The lowest BCUT2D eigenvalue weighted by Crippen LogP contribution is -2.39. The average molecular weight is 427 g/mol. The van der Waals surface area contributed by atoms with Gasteiger partial charge in [0, 0.05) is 45.1 Å². The number of ether oxygens (including phenoxy) is 2. The molecule has 0 aromatic carbocycles. The summed E-state index contributed by atoms with van der Waals surface area (Å²) in [7, 11) is 0. The van der Waals surface area contributed by atoms with Crippen molar-refractivity contribution in [1.29, 1.82) is 0 Å². The molecule has 3 fully saturated rings. The zero-order valence-electron chi connectivity index (χ0n) is 18.8. The van der Waals surface area contributed by atoms with Crippen LogP contribution in [0.15, 0.2) is 0 Å². The van der Waals surface area contributed by atoms with Gasteiger partial charge in [-0.25, -0.2) is 4.79 Å². The minimum absolute atomic E-state index is 0.114. The Labute approximate surface area is 182 Å². The van der Waals surface area contributed by atoms with Crippen LogP contribution < -0.4 is 0 Å². The third kappa shape index (κ3) is 7.62. The summed E-state index contributed by atoms with van der Waals surface area (Å²) in [6.45, 7) is 13.0. The van der Waals surface area contributed by atoms with Gasteiger partial charge in [-0.3, -0.25) is 4.31 Å². The van der Waals surface area contributed by atoms with Gasteiger partial charge >= 0.3 is 6.09 Å². The highest BCUT2D eigenvalue weighted by Gasteiger charge is 2.43. The fourth-order valence-electron chi connectivity index (χ4n) is 4.89. The molecule has 2 unspecified atom stereocenters. The number of hydrogen-bond acceptors (Lipinski definition) is 5. The van der Waals surface area contributed by atoms with Crippen LogP contribution in [0.25, 0.3) is 0 Å². The van der Waals surface area contributed by atoms with E-state index in [1.54, 1.807) is 0 Å². The van der Waals surface area contributed by atoms with Crippen molar-refractivity contribution in [2.75, 3.05) is 51.8 Å². The number of hydrogen-bond donors (Lipinski definition) is 0. The van der Waals surface area contributed by atoms with E-state index in [1.165, 1.54) is 44.5 Å². The molecular formula is C23H42N2O3S. The SMILES string of the molecule is CCSN1CCC(COCCC2CC2C2CCN(C(=O)OCC(C)C)CC2)CC1. The van der Waals surface area contributed by atoms with Crippen molar-refractivity contribution in [3.63, 3.8) is 0 Å². The summed E-state index contributed by atoms with van der Waals surface area (Å²) in [6.07, 6.45) is 7.36. The molecule has 1 amide bonds. The molecule has 0 aromatic rings. The maximum atomic E-state index is 12.1. The average Bonchev–Trinajstić information content (AvgIpc) is 3.50. The monoisotopic (exact) mass is 426 g/mol. The lowest BCUT2D eigenvalue weighted by atomic mass is 9.91. The summed E-state index contributed by atoms with van der Waals surface area (Å²) < 4.78 is 13.9. The summed E-state index contributed by atoms with van der Waals surface area (Å²) >= 11 is 1.98. The van der Waals surface area contributed by atoms with E-state index in [1.807, 2.05) is 16.8 Å². The summed E-state index contributed by atoms with van der Waals surface area (Å²) in [5.41, 5.74) is 0. The van der Waals surface area contributed by atoms with Gasteiger partial charge in [0.05, 0.1) is 6.61 Å². The minimum atomic E-state index is -0.114. The first-order valence-corrected chi connectivity index (χ1v) is 12.9. The number of carbonyl (C=O) groups is 1. The van der Waals surface area contributed by atoms with E-state index in [9.17, 15) is 4.79 Å². The Kier molecular flexibility index (Phi) is 9.45. The van der Waals surface area contributed by atoms with E-state index < -0.39 is 0 Å². The Morgan fingerprint density at radius 3 is 2.48 bits per heavy atom. The van der Waals surface area contributed by atoms with Gasteiger partial charge in [-0.05, 0) is 68.1 Å². The standard InChI is InChI=1S/C23H42N2O3S/c1-4-29-25-12-5-19(6-13-25)17-27-14-9-21-15-22(21)20-7-10-24(11-8-20)23(26)28-16-18(2)3/h18-22H,4-17H2,1-3H3.